The standard InChI is InChI=1S/C27H38N2O2/c1-21-10-12-23(13-11-21)22(2)28-26(30)15-14-24-20-27(3,4)16-17-29(24)18-19-31-25-8-6-5-7-9-25/h5-13,22,24H,14-20H2,1-4H3,(H,28,30)/t22-,24?/m0/s1. The number of aryl methyl sites for hydroxylation is 1. The molecule has 0 saturated carbocycles. The van der Waals surface area contributed by atoms with Crippen LogP contribution in [-0.2, 0) is 4.79 Å². The molecule has 1 unspecified atom stereocenters. The number of hydrogen-bond donors (Lipinski definition) is 1. The van der Waals surface area contributed by atoms with Gasteiger partial charge in [-0.2, -0.15) is 0 Å². The highest BCUT2D eigenvalue weighted by Crippen LogP contribution is 2.35. The molecule has 4 nitrogen and oxygen atoms in total. The normalized spacial score (nSPS) is 19.5. The van der Waals surface area contributed by atoms with Gasteiger partial charge in [-0.25, -0.2) is 0 Å². The zero-order chi connectivity index (χ0) is 22.3. The maximum Gasteiger partial charge on any atom is 0.220 e. The van der Waals surface area contributed by atoms with Gasteiger partial charge in [-0.15, -0.1) is 0 Å². The van der Waals surface area contributed by atoms with E-state index in [2.05, 4.69) is 62.2 Å². The summed E-state index contributed by atoms with van der Waals surface area (Å²) in [5.41, 5.74) is 2.71. The molecule has 0 aromatic heterocycles. The molecule has 1 amide bonds. The lowest BCUT2D eigenvalue weighted by Gasteiger charge is -2.43. The van der Waals surface area contributed by atoms with E-state index in [-0.39, 0.29) is 11.9 Å². The maximum absolute atomic E-state index is 12.6. The Morgan fingerprint density at radius 2 is 1.87 bits per heavy atom. The summed E-state index contributed by atoms with van der Waals surface area (Å²) in [5.74, 6) is 1.05. The molecule has 0 aliphatic carbocycles. The van der Waals surface area contributed by atoms with Gasteiger partial charge in [0.2, 0.25) is 5.91 Å². The molecule has 1 N–H and O–H groups in total. The molecular weight excluding hydrogens is 384 g/mol. The summed E-state index contributed by atoms with van der Waals surface area (Å²) < 4.78 is 5.92. The van der Waals surface area contributed by atoms with Crippen molar-refractivity contribution in [3.63, 3.8) is 0 Å². The highest BCUT2D eigenvalue weighted by atomic mass is 16.5. The molecule has 0 bridgehead atoms. The van der Waals surface area contributed by atoms with Gasteiger partial charge < -0.3 is 10.1 Å². The van der Waals surface area contributed by atoms with Crippen molar-refractivity contribution in [2.45, 2.75) is 65.5 Å². The van der Waals surface area contributed by atoms with Gasteiger partial charge in [-0.05, 0) is 62.8 Å². The molecule has 1 heterocycles. The van der Waals surface area contributed by atoms with Gasteiger partial charge >= 0.3 is 0 Å². The molecular formula is C27H38N2O2. The van der Waals surface area contributed by atoms with Gasteiger partial charge in [0.15, 0.2) is 0 Å². The SMILES string of the molecule is Cc1ccc([C@H](C)NC(=O)CCC2CC(C)(C)CCN2CCOc2ccccc2)cc1. The molecule has 1 saturated heterocycles. The molecule has 2 aromatic rings. The summed E-state index contributed by atoms with van der Waals surface area (Å²) in [6.07, 6.45) is 3.76. The third-order valence-electron chi connectivity index (χ3n) is 6.43. The first kappa shape index (κ1) is 23.3. The average Bonchev–Trinajstić information content (AvgIpc) is 2.74. The fourth-order valence-electron chi connectivity index (χ4n) is 4.42. The van der Waals surface area contributed by atoms with Crippen molar-refractivity contribution >= 4 is 5.91 Å². The molecule has 0 spiro atoms. The highest BCUT2D eigenvalue weighted by Gasteiger charge is 2.33. The Hall–Kier alpha value is -2.33. The lowest BCUT2D eigenvalue weighted by molar-refractivity contribution is -0.122. The van der Waals surface area contributed by atoms with Crippen LogP contribution in [0.3, 0.4) is 0 Å². The molecule has 1 aliphatic rings. The Bertz CT molecular complexity index is 817. The summed E-state index contributed by atoms with van der Waals surface area (Å²) in [5, 5.41) is 3.17. The predicted molar refractivity (Wildman–Crippen MR) is 127 cm³/mol. The smallest absolute Gasteiger partial charge is 0.220 e. The number of carbonyl (C=O) groups excluding carboxylic acids is 1. The van der Waals surface area contributed by atoms with E-state index in [0.29, 0.717) is 24.5 Å². The van der Waals surface area contributed by atoms with Crippen LogP contribution in [0.25, 0.3) is 0 Å². The number of likely N-dealkylation sites (tertiary alicyclic amines) is 1. The Labute approximate surface area is 188 Å². The summed E-state index contributed by atoms with van der Waals surface area (Å²) in [6.45, 7) is 11.5. The monoisotopic (exact) mass is 422 g/mol. The summed E-state index contributed by atoms with van der Waals surface area (Å²) in [7, 11) is 0. The van der Waals surface area contributed by atoms with Crippen molar-refractivity contribution < 1.29 is 9.53 Å². The van der Waals surface area contributed by atoms with E-state index < -0.39 is 0 Å². The Morgan fingerprint density at radius 1 is 1.16 bits per heavy atom. The van der Waals surface area contributed by atoms with Crippen molar-refractivity contribution in [1.82, 2.24) is 10.2 Å². The largest absolute Gasteiger partial charge is 0.492 e. The minimum absolute atomic E-state index is 0.0336. The van der Waals surface area contributed by atoms with Gasteiger partial charge in [0.25, 0.3) is 0 Å². The zero-order valence-electron chi connectivity index (χ0n) is 19.6. The van der Waals surface area contributed by atoms with Gasteiger partial charge in [0, 0.05) is 19.0 Å². The van der Waals surface area contributed by atoms with Crippen LogP contribution in [0.1, 0.15) is 63.6 Å². The zero-order valence-corrected chi connectivity index (χ0v) is 19.6. The van der Waals surface area contributed by atoms with E-state index in [1.807, 2.05) is 30.3 Å². The minimum atomic E-state index is 0.0336. The molecule has 1 aliphatic heterocycles. The second kappa shape index (κ2) is 10.8. The van der Waals surface area contributed by atoms with Crippen LogP contribution >= 0.6 is 0 Å². The number of nitrogens with zero attached hydrogens (tertiary/aromatic N) is 1. The summed E-state index contributed by atoms with van der Waals surface area (Å²) >= 11 is 0. The van der Waals surface area contributed by atoms with Crippen LogP contribution in [0.15, 0.2) is 54.6 Å². The van der Waals surface area contributed by atoms with E-state index in [9.17, 15) is 4.79 Å². The number of amides is 1. The van der Waals surface area contributed by atoms with Crippen molar-refractivity contribution in [1.29, 1.82) is 0 Å². The van der Waals surface area contributed by atoms with Crippen LogP contribution in [0, 0.1) is 12.3 Å². The van der Waals surface area contributed by atoms with Crippen LogP contribution in [0.2, 0.25) is 0 Å². The Kier molecular flexibility index (Phi) is 8.14. The van der Waals surface area contributed by atoms with E-state index in [1.54, 1.807) is 0 Å². The third-order valence-corrected chi connectivity index (χ3v) is 6.43. The molecule has 2 atom stereocenters. The van der Waals surface area contributed by atoms with Crippen LogP contribution < -0.4 is 10.1 Å². The van der Waals surface area contributed by atoms with Crippen molar-refractivity contribution in [2.24, 2.45) is 5.41 Å². The van der Waals surface area contributed by atoms with Crippen molar-refractivity contribution in [3.8, 4) is 5.75 Å². The topological polar surface area (TPSA) is 41.6 Å². The first-order chi connectivity index (χ1) is 14.8. The number of piperidine rings is 1. The molecule has 2 aromatic carbocycles. The number of ether oxygens (including phenoxy) is 1. The molecule has 168 valence electrons. The van der Waals surface area contributed by atoms with Crippen LogP contribution in [0.5, 0.6) is 5.75 Å². The van der Waals surface area contributed by atoms with Crippen LogP contribution in [0.4, 0.5) is 0 Å². The Morgan fingerprint density at radius 3 is 2.58 bits per heavy atom. The molecule has 1 fully saturated rings. The van der Waals surface area contributed by atoms with E-state index >= 15 is 0 Å². The van der Waals surface area contributed by atoms with E-state index in [4.69, 9.17) is 4.74 Å². The molecule has 4 heteroatoms. The average molecular weight is 423 g/mol. The van der Waals surface area contributed by atoms with Gasteiger partial charge in [-0.3, -0.25) is 9.69 Å². The third kappa shape index (κ3) is 7.39. The molecule has 0 radical (unpaired) electrons. The number of rotatable bonds is 9. The Balaban J connectivity index is 1.49. The summed E-state index contributed by atoms with van der Waals surface area (Å²) in [6, 6.07) is 18.8. The minimum Gasteiger partial charge on any atom is -0.492 e. The highest BCUT2D eigenvalue weighted by molar-refractivity contribution is 5.76. The quantitative estimate of drug-likeness (QED) is 0.578. The number of benzene rings is 2. The van der Waals surface area contributed by atoms with Crippen molar-refractivity contribution in [3.05, 3.63) is 65.7 Å². The van der Waals surface area contributed by atoms with E-state index in [0.717, 1.165) is 37.2 Å². The molecule has 3 rings (SSSR count). The number of para-hydroxylation sites is 1. The second-order valence-electron chi connectivity index (χ2n) is 9.71. The van der Waals surface area contributed by atoms with Gasteiger partial charge in [0.05, 0.1) is 6.04 Å². The maximum atomic E-state index is 12.6. The first-order valence-electron chi connectivity index (χ1n) is 11.6. The second-order valence-corrected chi connectivity index (χ2v) is 9.71. The van der Waals surface area contributed by atoms with Gasteiger partial charge in [0.1, 0.15) is 12.4 Å². The van der Waals surface area contributed by atoms with Gasteiger partial charge in [-0.1, -0.05) is 61.9 Å². The van der Waals surface area contributed by atoms with Crippen molar-refractivity contribution in [2.75, 3.05) is 19.7 Å². The fraction of sp³-hybridized carbons (Fsp3) is 0.519. The number of hydrogen-bond acceptors (Lipinski definition) is 3. The van der Waals surface area contributed by atoms with Crippen LogP contribution in [-0.4, -0.2) is 36.5 Å². The predicted octanol–water partition coefficient (Wildman–Crippen LogP) is 5.52. The molecule has 31 heavy (non-hydrogen) atoms. The lowest BCUT2D eigenvalue weighted by Crippen LogP contribution is -2.47. The van der Waals surface area contributed by atoms with E-state index in [1.165, 1.54) is 12.0 Å². The fourth-order valence-corrected chi connectivity index (χ4v) is 4.42. The first-order valence-corrected chi connectivity index (χ1v) is 11.6. The summed E-state index contributed by atoms with van der Waals surface area (Å²) in [4.78, 5) is 15.2. The number of carbonyl (C=O) groups is 1. The lowest BCUT2D eigenvalue weighted by atomic mass is 9.77. The number of nitrogens with one attached hydrogen (secondary N) is 1.